The highest BCUT2D eigenvalue weighted by Crippen LogP contribution is 2.37. The number of hydrogen-bond acceptors (Lipinski definition) is 3. The Bertz CT molecular complexity index is 594. The topological polar surface area (TPSA) is 34.4 Å². The van der Waals surface area contributed by atoms with Crippen LogP contribution in [0.4, 0.5) is 0 Å². The van der Waals surface area contributed by atoms with Gasteiger partial charge in [-0.3, -0.25) is 0 Å². The van der Waals surface area contributed by atoms with Gasteiger partial charge >= 0.3 is 0 Å². The molecule has 0 radical (unpaired) electrons. The van der Waals surface area contributed by atoms with Gasteiger partial charge in [0, 0.05) is 12.0 Å². The molecule has 1 N–H and O–H groups in total. The Balaban J connectivity index is 1.99. The Morgan fingerprint density at radius 1 is 1.30 bits per heavy atom. The minimum Gasteiger partial charge on any atom is -0.493 e. The fraction of sp³-hybridized carbons (Fsp3) is 0.375. The number of ether oxygens (including phenoxy) is 1. The summed E-state index contributed by atoms with van der Waals surface area (Å²) in [7, 11) is 0. The molecule has 3 nitrogen and oxygen atoms in total. The quantitative estimate of drug-likeness (QED) is 0.894. The lowest BCUT2D eigenvalue weighted by molar-refractivity contribution is 0.346. The molecule has 1 aliphatic rings. The van der Waals surface area contributed by atoms with E-state index in [1.807, 2.05) is 12.1 Å². The molecule has 2 aromatic rings. The van der Waals surface area contributed by atoms with Gasteiger partial charge in [0.05, 0.1) is 12.6 Å². The third-order valence-corrected chi connectivity index (χ3v) is 3.96. The van der Waals surface area contributed by atoms with Crippen molar-refractivity contribution in [2.45, 2.75) is 25.8 Å². The van der Waals surface area contributed by atoms with Crippen LogP contribution in [0.25, 0.3) is 0 Å². The van der Waals surface area contributed by atoms with Crippen molar-refractivity contribution in [3.8, 4) is 5.75 Å². The van der Waals surface area contributed by atoms with Crippen LogP contribution in [0.15, 0.2) is 39.4 Å². The lowest BCUT2D eigenvalue weighted by atomic mass is 10.00. The van der Waals surface area contributed by atoms with E-state index in [9.17, 15) is 0 Å². The SMILES string of the molecule is CCCNC(c1ccc(Br)o1)c1cccc2c1OCC2. The van der Waals surface area contributed by atoms with Gasteiger partial charge in [0.25, 0.3) is 0 Å². The second-order valence-corrected chi connectivity index (χ2v) is 5.74. The molecular formula is C16H18BrNO2. The zero-order valence-corrected chi connectivity index (χ0v) is 13.1. The van der Waals surface area contributed by atoms with Gasteiger partial charge in [-0.15, -0.1) is 0 Å². The van der Waals surface area contributed by atoms with Gasteiger partial charge in [0.2, 0.25) is 0 Å². The first-order valence-corrected chi connectivity index (χ1v) is 7.82. The standard InChI is InChI=1S/C16H18BrNO2/c1-2-9-18-15(13-6-7-14(17)20-13)12-5-3-4-11-8-10-19-16(11)12/h3-7,15,18H,2,8-10H2,1H3. The van der Waals surface area contributed by atoms with Crippen molar-refractivity contribution < 1.29 is 9.15 Å². The predicted molar refractivity (Wildman–Crippen MR) is 82.2 cm³/mol. The average molecular weight is 336 g/mol. The molecule has 0 saturated carbocycles. The van der Waals surface area contributed by atoms with E-state index in [1.54, 1.807) is 0 Å². The maximum absolute atomic E-state index is 5.83. The Morgan fingerprint density at radius 3 is 2.95 bits per heavy atom. The molecule has 0 amide bonds. The first-order chi connectivity index (χ1) is 9.79. The van der Waals surface area contributed by atoms with Crippen LogP contribution in [0.2, 0.25) is 0 Å². The number of para-hydroxylation sites is 1. The summed E-state index contributed by atoms with van der Waals surface area (Å²) in [5, 5.41) is 3.55. The summed E-state index contributed by atoms with van der Waals surface area (Å²) < 4.78 is 12.3. The largest absolute Gasteiger partial charge is 0.493 e. The van der Waals surface area contributed by atoms with E-state index in [-0.39, 0.29) is 6.04 Å². The lowest BCUT2D eigenvalue weighted by Gasteiger charge is -2.19. The molecular weight excluding hydrogens is 318 g/mol. The summed E-state index contributed by atoms with van der Waals surface area (Å²) in [6.07, 6.45) is 2.07. The fourth-order valence-electron chi connectivity index (χ4n) is 2.60. The lowest BCUT2D eigenvalue weighted by Crippen LogP contribution is -2.23. The molecule has 3 rings (SSSR count). The van der Waals surface area contributed by atoms with E-state index in [1.165, 1.54) is 5.56 Å². The van der Waals surface area contributed by atoms with Crippen LogP contribution in [-0.4, -0.2) is 13.2 Å². The first-order valence-electron chi connectivity index (χ1n) is 7.02. The molecule has 1 aromatic heterocycles. The average Bonchev–Trinajstić information content (AvgIpc) is 3.08. The highest BCUT2D eigenvalue weighted by molar-refractivity contribution is 9.10. The van der Waals surface area contributed by atoms with Gasteiger partial charge in [-0.25, -0.2) is 0 Å². The molecule has 0 bridgehead atoms. The van der Waals surface area contributed by atoms with Crippen LogP contribution < -0.4 is 10.1 Å². The monoisotopic (exact) mass is 335 g/mol. The maximum Gasteiger partial charge on any atom is 0.169 e. The summed E-state index contributed by atoms with van der Waals surface area (Å²) in [5.41, 5.74) is 2.45. The number of halogens is 1. The molecule has 0 fully saturated rings. The summed E-state index contributed by atoms with van der Waals surface area (Å²) in [5.74, 6) is 1.93. The number of benzene rings is 1. The maximum atomic E-state index is 5.83. The number of hydrogen-bond donors (Lipinski definition) is 1. The number of furan rings is 1. The van der Waals surface area contributed by atoms with Crippen molar-refractivity contribution >= 4 is 15.9 Å². The normalized spacial score (nSPS) is 14.9. The van der Waals surface area contributed by atoms with E-state index < -0.39 is 0 Å². The zero-order chi connectivity index (χ0) is 13.9. The summed E-state index contributed by atoms with van der Waals surface area (Å²) in [4.78, 5) is 0. The van der Waals surface area contributed by atoms with Gasteiger partial charge in [-0.05, 0) is 46.6 Å². The molecule has 0 saturated heterocycles. The highest BCUT2D eigenvalue weighted by atomic mass is 79.9. The predicted octanol–water partition coefficient (Wildman–Crippen LogP) is 4.07. The van der Waals surface area contributed by atoms with E-state index in [4.69, 9.17) is 9.15 Å². The van der Waals surface area contributed by atoms with Crippen molar-refractivity contribution in [1.82, 2.24) is 5.32 Å². The van der Waals surface area contributed by atoms with Crippen molar-refractivity contribution in [3.05, 3.63) is 51.9 Å². The van der Waals surface area contributed by atoms with Crippen LogP contribution in [0.5, 0.6) is 5.75 Å². The molecule has 0 aliphatic carbocycles. The molecule has 1 aliphatic heterocycles. The van der Waals surface area contributed by atoms with Crippen molar-refractivity contribution in [3.63, 3.8) is 0 Å². The molecule has 4 heteroatoms. The fourth-order valence-corrected chi connectivity index (χ4v) is 2.92. The highest BCUT2D eigenvalue weighted by Gasteiger charge is 2.25. The van der Waals surface area contributed by atoms with Crippen LogP contribution in [-0.2, 0) is 6.42 Å². The molecule has 1 aromatic carbocycles. The Labute approximate surface area is 127 Å². The second-order valence-electron chi connectivity index (χ2n) is 4.96. The first kappa shape index (κ1) is 13.7. The van der Waals surface area contributed by atoms with Gasteiger partial charge in [-0.2, -0.15) is 0 Å². The molecule has 1 unspecified atom stereocenters. The van der Waals surface area contributed by atoms with Crippen molar-refractivity contribution in [1.29, 1.82) is 0 Å². The van der Waals surface area contributed by atoms with Crippen molar-refractivity contribution in [2.75, 3.05) is 13.2 Å². The molecule has 1 atom stereocenters. The van der Waals surface area contributed by atoms with Crippen LogP contribution in [0.3, 0.4) is 0 Å². The second kappa shape index (κ2) is 6.02. The van der Waals surface area contributed by atoms with Crippen LogP contribution in [0, 0.1) is 0 Å². The van der Waals surface area contributed by atoms with E-state index in [0.717, 1.165) is 47.7 Å². The van der Waals surface area contributed by atoms with Gasteiger partial charge in [0.15, 0.2) is 4.67 Å². The van der Waals surface area contributed by atoms with Gasteiger partial charge in [-0.1, -0.05) is 25.1 Å². The molecule has 0 spiro atoms. The third-order valence-electron chi connectivity index (χ3n) is 3.53. The van der Waals surface area contributed by atoms with Crippen molar-refractivity contribution in [2.24, 2.45) is 0 Å². The zero-order valence-electron chi connectivity index (χ0n) is 11.5. The summed E-state index contributed by atoms with van der Waals surface area (Å²) in [6.45, 7) is 3.87. The minimum absolute atomic E-state index is 0.0364. The third kappa shape index (κ3) is 2.63. The molecule has 2 heterocycles. The Hall–Kier alpha value is -1.26. The number of fused-ring (bicyclic) bond motifs is 1. The smallest absolute Gasteiger partial charge is 0.169 e. The Kier molecular flexibility index (Phi) is 4.13. The molecule has 20 heavy (non-hydrogen) atoms. The molecule has 106 valence electrons. The summed E-state index contributed by atoms with van der Waals surface area (Å²) >= 11 is 3.38. The number of nitrogens with one attached hydrogen (secondary N) is 1. The Morgan fingerprint density at radius 2 is 2.20 bits per heavy atom. The van der Waals surface area contributed by atoms with Gasteiger partial charge in [0.1, 0.15) is 11.5 Å². The van der Waals surface area contributed by atoms with E-state index in [2.05, 4.69) is 46.4 Å². The van der Waals surface area contributed by atoms with E-state index in [0.29, 0.717) is 0 Å². The van der Waals surface area contributed by atoms with E-state index >= 15 is 0 Å². The number of rotatable bonds is 5. The summed E-state index contributed by atoms with van der Waals surface area (Å²) in [6, 6.07) is 10.3. The van der Waals surface area contributed by atoms with Crippen LogP contribution in [0.1, 0.15) is 36.3 Å². The minimum atomic E-state index is 0.0364. The van der Waals surface area contributed by atoms with Gasteiger partial charge < -0.3 is 14.5 Å². The van der Waals surface area contributed by atoms with Crippen LogP contribution >= 0.6 is 15.9 Å².